The third-order valence-corrected chi connectivity index (χ3v) is 5.20. The van der Waals surface area contributed by atoms with E-state index in [-0.39, 0.29) is 11.2 Å². The highest BCUT2D eigenvalue weighted by Crippen LogP contribution is 2.31. The van der Waals surface area contributed by atoms with Gasteiger partial charge in [0.25, 0.3) is 0 Å². The zero-order valence-corrected chi connectivity index (χ0v) is 14.3. The van der Waals surface area contributed by atoms with Gasteiger partial charge in [0.05, 0.1) is 12.4 Å². The Hall–Kier alpha value is -1.94. The van der Waals surface area contributed by atoms with Crippen LogP contribution >= 0.6 is 11.8 Å². The number of amides is 1. The highest BCUT2D eigenvalue weighted by Gasteiger charge is 2.26. The number of hydrogen-bond donors (Lipinski definition) is 0. The summed E-state index contributed by atoms with van der Waals surface area (Å²) in [6, 6.07) is 16.1. The molecule has 0 N–H and O–H groups in total. The summed E-state index contributed by atoms with van der Waals surface area (Å²) in [6.07, 6.45) is 2.09. The third kappa shape index (κ3) is 3.53. The Balaban J connectivity index is 1.72. The monoisotopic (exact) mass is 327 g/mol. The Bertz CT molecular complexity index is 684. The molecule has 120 valence electrons. The van der Waals surface area contributed by atoms with Crippen LogP contribution in [0.2, 0.25) is 0 Å². The van der Waals surface area contributed by atoms with Gasteiger partial charge >= 0.3 is 0 Å². The minimum absolute atomic E-state index is 0.116. The van der Waals surface area contributed by atoms with E-state index in [1.165, 1.54) is 5.56 Å². The highest BCUT2D eigenvalue weighted by atomic mass is 32.2. The fourth-order valence-electron chi connectivity index (χ4n) is 2.89. The van der Waals surface area contributed by atoms with Crippen LogP contribution in [0.15, 0.2) is 53.4 Å². The van der Waals surface area contributed by atoms with Crippen LogP contribution in [0.3, 0.4) is 0 Å². The molecule has 1 atom stereocenters. The molecule has 0 radical (unpaired) electrons. The van der Waals surface area contributed by atoms with Gasteiger partial charge < -0.3 is 9.64 Å². The van der Waals surface area contributed by atoms with Gasteiger partial charge in [-0.05, 0) is 55.7 Å². The summed E-state index contributed by atoms with van der Waals surface area (Å²) in [5, 5.41) is -0.116. The number of aryl methyl sites for hydroxylation is 1. The molecule has 0 saturated carbocycles. The lowest BCUT2D eigenvalue weighted by Crippen LogP contribution is -2.40. The largest absolute Gasteiger partial charge is 0.497 e. The molecule has 1 heterocycles. The van der Waals surface area contributed by atoms with Gasteiger partial charge in [0, 0.05) is 17.1 Å². The van der Waals surface area contributed by atoms with Gasteiger partial charge in [0.2, 0.25) is 5.91 Å². The van der Waals surface area contributed by atoms with Gasteiger partial charge in [-0.2, -0.15) is 0 Å². The third-order valence-electron chi connectivity index (χ3n) is 4.10. The van der Waals surface area contributed by atoms with Crippen LogP contribution in [0.5, 0.6) is 5.75 Å². The lowest BCUT2D eigenvalue weighted by Gasteiger charge is -2.31. The summed E-state index contributed by atoms with van der Waals surface area (Å²) in [5.74, 6) is 1.01. The molecule has 2 aromatic rings. The van der Waals surface area contributed by atoms with E-state index < -0.39 is 0 Å². The number of ether oxygens (including phenoxy) is 1. The molecule has 0 aliphatic carbocycles. The van der Waals surface area contributed by atoms with Gasteiger partial charge in [-0.25, -0.2) is 0 Å². The quantitative estimate of drug-likeness (QED) is 0.790. The van der Waals surface area contributed by atoms with Crippen LogP contribution in [0.4, 0.5) is 5.69 Å². The van der Waals surface area contributed by atoms with Crippen LogP contribution in [0.1, 0.15) is 18.9 Å². The summed E-state index contributed by atoms with van der Waals surface area (Å²) in [6.45, 7) is 2.79. The molecule has 0 aromatic heterocycles. The van der Waals surface area contributed by atoms with Crippen molar-refractivity contribution in [2.75, 3.05) is 18.6 Å². The summed E-state index contributed by atoms with van der Waals surface area (Å²) in [5.41, 5.74) is 2.35. The van der Waals surface area contributed by atoms with Crippen LogP contribution in [-0.4, -0.2) is 24.8 Å². The normalized spacial score (nSPS) is 15.0. The Morgan fingerprint density at radius 3 is 2.65 bits per heavy atom. The first-order valence-corrected chi connectivity index (χ1v) is 8.77. The van der Waals surface area contributed by atoms with Gasteiger partial charge in [0.15, 0.2) is 0 Å². The standard InChI is InChI=1S/C19H21NO2S/c1-14(23-17-11-9-16(22-2)10-12-17)19(21)20-13-5-7-15-6-3-4-8-18(15)20/h3-4,6,8-12,14H,5,7,13H2,1-2H3/t14-/m1/s1. The summed E-state index contributed by atoms with van der Waals surface area (Å²) in [4.78, 5) is 15.9. The van der Waals surface area contributed by atoms with E-state index in [1.807, 2.05) is 48.2 Å². The maximum absolute atomic E-state index is 12.9. The zero-order valence-electron chi connectivity index (χ0n) is 13.5. The van der Waals surface area contributed by atoms with E-state index >= 15 is 0 Å². The van der Waals surface area contributed by atoms with Gasteiger partial charge in [0.1, 0.15) is 5.75 Å². The maximum Gasteiger partial charge on any atom is 0.240 e. The first-order valence-electron chi connectivity index (χ1n) is 7.89. The van der Waals surface area contributed by atoms with Gasteiger partial charge in [-0.15, -0.1) is 11.8 Å². The van der Waals surface area contributed by atoms with Crippen LogP contribution in [0, 0.1) is 0 Å². The predicted octanol–water partition coefficient (Wildman–Crippen LogP) is 4.16. The number of nitrogens with zero attached hydrogens (tertiary/aromatic N) is 1. The van der Waals surface area contributed by atoms with Crippen molar-refractivity contribution in [2.45, 2.75) is 29.9 Å². The molecule has 4 heteroatoms. The zero-order chi connectivity index (χ0) is 16.2. The number of anilines is 1. The molecule has 3 nitrogen and oxygen atoms in total. The Kier molecular flexibility index (Phi) is 4.91. The summed E-state index contributed by atoms with van der Waals surface area (Å²) < 4.78 is 5.17. The fourth-order valence-corrected chi connectivity index (χ4v) is 3.82. The van der Waals surface area contributed by atoms with Crippen molar-refractivity contribution in [1.29, 1.82) is 0 Å². The SMILES string of the molecule is COc1ccc(S[C@H](C)C(=O)N2CCCc3ccccc32)cc1. The molecule has 0 bridgehead atoms. The number of carbonyl (C=O) groups excluding carboxylic acids is 1. The minimum atomic E-state index is -0.116. The second-order valence-electron chi connectivity index (χ2n) is 5.66. The van der Waals surface area contributed by atoms with Crippen molar-refractivity contribution >= 4 is 23.4 Å². The number of methoxy groups -OCH3 is 1. The van der Waals surface area contributed by atoms with Crippen molar-refractivity contribution in [3.63, 3.8) is 0 Å². The first kappa shape index (κ1) is 15.9. The topological polar surface area (TPSA) is 29.5 Å². The molecular formula is C19H21NO2S. The smallest absolute Gasteiger partial charge is 0.240 e. The summed E-state index contributed by atoms with van der Waals surface area (Å²) >= 11 is 1.59. The van der Waals surface area contributed by atoms with E-state index in [0.29, 0.717) is 0 Å². The molecule has 3 rings (SSSR count). The van der Waals surface area contributed by atoms with Crippen molar-refractivity contribution in [2.24, 2.45) is 0 Å². The number of para-hydroxylation sites is 1. The second kappa shape index (κ2) is 7.09. The van der Waals surface area contributed by atoms with E-state index in [4.69, 9.17) is 4.74 Å². The molecule has 0 spiro atoms. The predicted molar refractivity (Wildman–Crippen MR) is 95.4 cm³/mol. The van der Waals surface area contributed by atoms with Gasteiger partial charge in [-0.3, -0.25) is 4.79 Å². The number of carbonyl (C=O) groups is 1. The lowest BCUT2D eigenvalue weighted by atomic mass is 10.0. The Morgan fingerprint density at radius 2 is 1.91 bits per heavy atom. The van der Waals surface area contributed by atoms with E-state index in [9.17, 15) is 4.79 Å². The molecule has 23 heavy (non-hydrogen) atoms. The average molecular weight is 327 g/mol. The molecule has 2 aromatic carbocycles. The molecular weight excluding hydrogens is 306 g/mol. The van der Waals surface area contributed by atoms with Crippen LogP contribution in [-0.2, 0) is 11.2 Å². The molecule has 1 amide bonds. The molecule has 0 unspecified atom stereocenters. The van der Waals surface area contributed by atoms with Crippen LogP contribution in [0.25, 0.3) is 0 Å². The number of thioether (sulfide) groups is 1. The van der Waals surface area contributed by atoms with E-state index in [1.54, 1.807) is 18.9 Å². The van der Waals surface area contributed by atoms with Crippen LogP contribution < -0.4 is 9.64 Å². The lowest BCUT2D eigenvalue weighted by molar-refractivity contribution is -0.117. The van der Waals surface area contributed by atoms with Crippen molar-refractivity contribution in [3.05, 3.63) is 54.1 Å². The Labute approximate surface area is 141 Å². The molecule has 1 aliphatic rings. The van der Waals surface area contributed by atoms with Gasteiger partial charge in [-0.1, -0.05) is 18.2 Å². The van der Waals surface area contributed by atoms with E-state index in [0.717, 1.165) is 35.7 Å². The number of rotatable bonds is 4. The first-order chi connectivity index (χ1) is 11.2. The van der Waals surface area contributed by atoms with Crippen molar-refractivity contribution in [1.82, 2.24) is 0 Å². The molecule has 0 saturated heterocycles. The summed E-state index contributed by atoms with van der Waals surface area (Å²) in [7, 11) is 1.65. The number of hydrogen-bond acceptors (Lipinski definition) is 3. The number of benzene rings is 2. The fraction of sp³-hybridized carbons (Fsp3) is 0.316. The Morgan fingerprint density at radius 1 is 1.17 bits per heavy atom. The number of fused-ring (bicyclic) bond motifs is 1. The van der Waals surface area contributed by atoms with E-state index in [2.05, 4.69) is 12.1 Å². The highest BCUT2D eigenvalue weighted by molar-refractivity contribution is 8.00. The average Bonchev–Trinajstić information content (AvgIpc) is 2.61. The van der Waals surface area contributed by atoms with Crippen molar-refractivity contribution < 1.29 is 9.53 Å². The maximum atomic E-state index is 12.9. The minimum Gasteiger partial charge on any atom is -0.497 e. The molecule has 1 aliphatic heterocycles. The van der Waals surface area contributed by atoms with Crippen molar-refractivity contribution in [3.8, 4) is 5.75 Å². The molecule has 0 fully saturated rings. The second-order valence-corrected chi connectivity index (χ2v) is 7.07.